The number of hydrogen-bond acceptors (Lipinski definition) is 3. The van der Waals surface area contributed by atoms with Crippen LogP contribution in [0, 0.1) is 12.8 Å². The van der Waals surface area contributed by atoms with Gasteiger partial charge in [0.1, 0.15) is 5.75 Å². The molecule has 0 aromatic heterocycles. The molecule has 0 saturated heterocycles. The highest BCUT2D eigenvalue weighted by atomic mass is 79.9. The molecule has 0 saturated carbocycles. The van der Waals surface area contributed by atoms with Crippen molar-refractivity contribution in [2.75, 3.05) is 25.2 Å². The van der Waals surface area contributed by atoms with Crippen molar-refractivity contribution in [3.05, 3.63) is 27.7 Å². The monoisotopic (exact) mass is 359 g/mol. The van der Waals surface area contributed by atoms with Crippen molar-refractivity contribution in [1.29, 1.82) is 0 Å². The van der Waals surface area contributed by atoms with Gasteiger partial charge in [-0.05, 0) is 55.5 Å². The number of ether oxygens (including phenoxy) is 1. The van der Waals surface area contributed by atoms with Gasteiger partial charge >= 0.3 is 0 Å². The van der Waals surface area contributed by atoms with Crippen LogP contribution in [0.1, 0.15) is 31.4 Å². The van der Waals surface area contributed by atoms with Crippen molar-refractivity contribution in [2.45, 2.75) is 33.7 Å². The van der Waals surface area contributed by atoms with E-state index in [9.17, 15) is 0 Å². The second-order valence-corrected chi connectivity index (χ2v) is 7.33. The van der Waals surface area contributed by atoms with Gasteiger partial charge in [-0.2, -0.15) is 11.8 Å². The Kier molecular flexibility index (Phi) is 8.66. The number of thioether (sulfide) groups is 1. The highest BCUT2D eigenvalue weighted by Crippen LogP contribution is 2.28. The molecular weight excluding hydrogens is 334 g/mol. The molecule has 0 aliphatic carbocycles. The van der Waals surface area contributed by atoms with E-state index in [1.54, 1.807) is 0 Å². The molecule has 1 aromatic carbocycles. The van der Waals surface area contributed by atoms with Crippen LogP contribution in [0.4, 0.5) is 0 Å². The van der Waals surface area contributed by atoms with Gasteiger partial charge in [-0.25, -0.2) is 0 Å². The number of nitrogens with one attached hydrogen (secondary N) is 1. The van der Waals surface area contributed by atoms with Crippen molar-refractivity contribution >= 4 is 27.7 Å². The zero-order valence-corrected chi connectivity index (χ0v) is 15.4. The van der Waals surface area contributed by atoms with E-state index in [1.807, 2.05) is 11.8 Å². The van der Waals surface area contributed by atoms with Gasteiger partial charge in [-0.3, -0.25) is 0 Å². The van der Waals surface area contributed by atoms with Crippen molar-refractivity contribution in [3.8, 4) is 5.75 Å². The second-order valence-electron chi connectivity index (χ2n) is 5.43. The predicted molar refractivity (Wildman–Crippen MR) is 93.9 cm³/mol. The van der Waals surface area contributed by atoms with Crippen LogP contribution >= 0.6 is 27.7 Å². The zero-order valence-electron chi connectivity index (χ0n) is 13.0. The van der Waals surface area contributed by atoms with E-state index in [0.717, 1.165) is 42.1 Å². The van der Waals surface area contributed by atoms with Crippen LogP contribution in [0.5, 0.6) is 5.75 Å². The van der Waals surface area contributed by atoms with Crippen LogP contribution < -0.4 is 10.1 Å². The molecule has 4 heteroatoms. The first kappa shape index (κ1) is 17.9. The minimum atomic E-state index is 0.661. The molecule has 0 amide bonds. The third-order valence-electron chi connectivity index (χ3n) is 2.92. The third-order valence-corrected chi connectivity index (χ3v) is 4.08. The summed E-state index contributed by atoms with van der Waals surface area (Å²) in [6.45, 7) is 9.23. The van der Waals surface area contributed by atoms with Gasteiger partial charge in [-0.1, -0.05) is 29.8 Å². The zero-order chi connectivity index (χ0) is 15.0. The molecule has 2 nitrogen and oxygen atoms in total. The van der Waals surface area contributed by atoms with Gasteiger partial charge in [-0.15, -0.1) is 0 Å². The Bertz CT molecular complexity index is 410. The van der Waals surface area contributed by atoms with Gasteiger partial charge in [0.2, 0.25) is 0 Å². The van der Waals surface area contributed by atoms with Crippen LogP contribution in [0.15, 0.2) is 16.6 Å². The number of benzene rings is 1. The molecule has 0 aliphatic heterocycles. The van der Waals surface area contributed by atoms with Crippen LogP contribution in [0.2, 0.25) is 0 Å². The Morgan fingerprint density at radius 2 is 2.10 bits per heavy atom. The normalized spacial score (nSPS) is 11.1. The van der Waals surface area contributed by atoms with E-state index in [1.165, 1.54) is 11.1 Å². The fraction of sp³-hybridized carbons (Fsp3) is 0.625. The fourth-order valence-electron chi connectivity index (χ4n) is 2.01. The lowest BCUT2D eigenvalue weighted by molar-refractivity contribution is 0.312. The first-order valence-corrected chi connectivity index (χ1v) is 9.34. The largest absolute Gasteiger partial charge is 0.493 e. The van der Waals surface area contributed by atoms with Crippen molar-refractivity contribution < 1.29 is 4.74 Å². The lowest BCUT2D eigenvalue weighted by Crippen LogP contribution is -2.19. The summed E-state index contributed by atoms with van der Waals surface area (Å²) in [5.74, 6) is 2.86. The summed E-state index contributed by atoms with van der Waals surface area (Å²) in [6, 6.07) is 4.28. The Morgan fingerprint density at radius 1 is 1.35 bits per heavy atom. The first-order valence-electron chi connectivity index (χ1n) is 7.16. The molecular formula is C16H26BrNOS. The van der Waals surface area contributed by atoms with Gasteiger partial charge in [0, 0.05) is 16.6 Å². The summed E-state index contributed by atoms with van der Waals surface area (Å²) in [7, 11) is 0. The maximum Gasteiger partial charge on any atom is 0.126 e. The van der Waals surface area contributed by atoms with Crippen LogP contribution in [0.3, 0.4) is 0 Å². The summed E-state index contributed by atoms with van der Waals surface area (Å²) < 4.78 is 7.13. The Balaban J connectivity index is 2.68. The lowest BCUT2D eigenvalue weighted by atomic mass is 10.1. The molecule has 1 N–H and O–H groups in total. The standard InChI is InChI=1S/C16H26BrNOS/c1-12(2)10-18-11-14-9-15(17)8-13(3)16(14)19-6-5-7-20-4/h8-9,12,18H,5-7,10-11H2,1-4H3. The second kappa shape index (κ2) is 9.69. The molecule has 1 rings (SSSR count). The van der Waals surface area contributed by atoms with Crippen molar-refractivity contribution in [1.82, 2.24) is 5.32 Å². The molecule has 0 unspecified atom stereocenters. The summed E-state index contributed by atoms with van der Waals surface area (Å²) >= 11 is 5.44. The van der Waals surface area contributed by atoms with E-state index < -0.39 is 0 Å². The smallest absolute Gasteiger partial charge is 0.126 e. The van der Waals surface area contributed by atoms with Crippen LogP contribution in [0.25, 0.3) is 0 Å². The molecule has 0 bridgehead atoms. The molecule has 0 spiro atoms. The number of aryl methyl sites for hydroxylation is 1. The summed E-state index contributed by atoms with van der Waals surface area (Å²) in [5, 5.41) is 3.49. The van der Waals surface area contributed by atoms with Gasteiger partial charge in [0.05, 0.1) is 6.61 Å². The Morgan fingerprint density at radius 3 is 2.75 bits per heavy atom. The fourth-order valence-corrected chi connectivity index (χ4v) is 3.04. The Hall–Kier alpha value is -0.190. The highest BCUT2D eigenvalue weighted by molar-refractivity contribution is 9.10. The quantitative estimate of drug-likeness (QED) is 0.649. The average molecular weight is 360 g/mol. The van der Waals surface area contributed by atoms with E-state index in [4.69, 9.17) is 4.74 Å². The van der Waals surface area contributed by atoms with E-state index in [2.05, 4.69) is 60.4 Å². The Labute approximate surface area is 136 Å². The predicted octanol–water partition coefficient (Wildman–Crippen LogP) is 4.64. The molecule has 1 aromatic rings. The van der Waals surface area contributed by atoms with Gasteiger partial charge in [0.25, 0.3) is 0 Å². The molecule has 0 atom stereocenters. The average Bonchev–Trinajstić information content (AvgIpc) is 2.36. The van der Waals surface area contributed by atoms with E-state index in [0.29, 0.717) is 5.92 Å². The topological polar surface area (TPSA) is 21.3 Å². The van der Waals surface area contributed by atoms with Gasteiger partial charge in [0.15, 0.2) is 0 Å². The lowest BCUT2D eigenvalue weighted by Gasteiger charge is -2.16. The van der Waals surface area contributed by atoms with Crippen molar-refractivity contribution in [2.24, 2.45) is 5.92 Å². The maximum absolute atomic E-state index is 6.01. The van der Waals surface area contributed by atoms with E-state index >= 15 is 0 Å². The third kappa shape index (κ3) is 6.51. The highest BCUT2D eigenvalue weighted by Gasteiger charge is 2.09. The first-order chi connectivity index (χ1) is 9.54. The summed E-state index contributed by atoms with van der Waals surface area (Å²) in [5.41, 5.74) is 2.44. The number of hydrogen-bond donors (Lipinski definition) is 1. The molecule has 0 aliphatic rings. The van der Waals surface area contributed by atoms with Crippen LogP contribution in [-0.2, 0) is 6.54 Å². The minimum Gasteiger partial charge on any atom is -0.493 e. The molecule has 0 heterocycles. The van der Waals surface area contributed by atoms with Gasteiger partial charge < -0.3 is 10.1 Å². The molecule has 114 valence electrons. The summed E-state index contributed by atoms with van der Waals surface area (Å²) in [6.07, 6.45) is 3.22. The van der Waals surface area contributed by atoms with Crippen LogP contribution in [-0.4, -0.2) is 25.2 Å². The maximum atomic E-state index is 6.01. The summed E-state index contributed by atoms with van der Waals surface area (Å²) in [4.78, 5) is 0. The SMILES string of the molecule is CSCCCOc1c(C)cc(Br)cc1CNCC(C)C. The van der Waals surface area contributed by atoms with E-state index in [-0.39, 0.29) is 0 Å². The van der Waals surface area contributed by atoms with Crippen molar-refractivity contribution in [3.63, 3.8) is 0 Å². The number of rotatable bonds is 9. The minimum absolute atomic E-state index is 0.661. The molecule has 0 fully saturated rings. The molecule has 0 radical (unpaired) electrons. The molecule has 20 heavy (non-hydrogen) atoms. The number of halogens is 1.